The number of rotatable bonds is 11. The minimum atomic E-state index is -4.35. The van der Waals surface area contributed by atoms with Gasteiger partial charge in [0.2, 0.25) is 5.91 Å². The molecule has 0 aliphatic rings. The van der Waals surface area contributed by atoms with Gasteiger partial charge in [0.05, 0.1) is 13.2 Å². The van der Waals surface area contributed by atoms with Crippen LogP contribution < -0.4 is 10.1 Å². The zero-order chi connectivity index (χ0) is 22.0. The van der Waals surface area contributed by atoms with E-state index in [1.165, 1.54) is 0 Å². The number of nitrogens with one attached hydrogen (secondary N) is 1. The molecule has 2 rings (SSSR count). The third kappa shape index (κ3) is 8.65. The van der Waals surface area contributed by atoms with E-state index in [1.807, 2.05) is 6.92 Å². The molecule has 1 amide bonds. The van der Waals surface area contributed by atoms with Crippen LogP contribution in [0.3, 0.4) is 0 Å². The molecule has 162 valence electrons. The molecule has 0 saturated carbocycles. The number of alkyl halides is 3. The lowest BCUT2D eigenvalue weighted by atomic mass is 10.1. The quantitative estimate of drug-likeness (QED) is 0.543. The molecule has 1 N–H and O–H groups in total. The Hall–Kier alpha value is -2.87. The molecule has 0 saturated heterocycles. The molecule has 0 heterocycles. The summed E-state index contributed by atoms with van der Waals surface area (Å²) in [6.45, 7) is 1.25. The zero-order valence-electron chi connectivity index (χ0n) is 16.6. The Morgan fingerprint density at radius 3 is 2.17 bits per heavy atom. The van der Waals surface area contributed by atoms with Gasteiger partial charge in [-0.25, -0.2) is 0 Å². The Labute approximate surface area is 173 Å². The van der Waals surface area contributed by atoms with Crippen LogP contribution in [0, 0.1) is 0 Å². The lowest BCUT2D eigenvalue weighted by molar-refractivity contribution is -0.176. The maximum Gasteiger partial charge on any atom is 0.411 e. The number of carbonyl (C=O) groups is 2. The third-order valence-electron chi connectivity index (χ3n) is 4.11. The fourth-order valence-electron chi connectivity index (χ4n) is 2.60. The lowest BCUT2D eigenvalue weighted by Crippen LogP contribution is -2.23. The fraction of sp³-hybridized carbons (Fsp3) is 0.364. The predicted octanol–water partition coefficient (Wildman–Crippen LogP) is 4.44. The van der Waals surface area contributed by atoms with Crippen LogP contribution in [0.5, 0.6) is 5.75 Å². The van der Waals surface area contributed by atoms with Crippen LogP contribution in [0.25, 0.3) is 0 Å². The Morgan fingerprint density at radius 2 is 1.57 bits per heavy atom. The van der Waals surface area contributed by atoms with E-state index in [2.05, 4.69) is 10.1 Å². The highest BCUT2D eigenvalue weighted by Gasteiger charge is 2.27. The SMILES string of the molecule is CCOc1ccc(C(=O)CCC(=O)NCc2ccc(COCC(F)(F)F)cc2)cc1. The van der Waals surface area contributed by atoms with Crippen molar-refractivity contribution in [1.29, 1.82) is 0 Å². The first-order valence-corrected chi connectivity index (χ1v) is 9.52. The van der Waals surface area contributed by atoms with Crippen LogP contribution in [0.1, 0.15) is 41.3 Å². The smallest absolute Gasteiger partial charge is 0.411 e. The highest BCUT2D eigenvalue weighted by molar-refractivity contribution is 5.98. The molecule has 0 aliphatic heterocycles. The molecule has 0 atom stereocenters. The van der Waals surface area contributed by atoms with E-state index in [4.69, 9.17) is 4.74 Å². The maximum atomic E-state index is 12.2. The van der Waals surface area contributed by atoms with Gasteiger partial charge in [0.15, 0.2) is 5.78 Å². The molecule has 5 nitrogen and oxygen atoms in total. The van der Waals surface area contributed by atoms with Gasteiger partial charge in [-0.15, -0.1) is 0 Å². The number of hydrogen-bond acceptors (Lipinski definition) is 4. The zero-order valence-corrected chi connectivity index (χ0v) is 16.6. The molecule has 2 aromatic carbocycles. The minimum Gasteiger partial charge on any atom is -0.494 e. The number of amides is 1. The molecule has 30 heavy (non-hydrogen) atoms. The number of benzene rings is 2. The van der Waals surface area contributed by atoms with Crippen LogP contribution in [-0.4, -0.2) is 31.1 Å². The molecule has 0 fully saturated rings. The number of ether oxygens (including phenoxy) is 2. The van der Waals surface area contributed by atoms with E-state index < -0.39 is 12.8 Å². The van der Waals surface area contributed by atoms with Gasteiger partial charge < -0.3 is 14.8 Å². The third-order valence-corrected chi connectivity index (χ3v) is 4.11. The van der Waals surface area contributed by atoms with Crippen LogP contribution in [0.2, 0.25) is 0 Å². The second-order valence-electron chi connectivity index (χ2n) is 6.58. The van der Waals surface area contributed by atoms with Crippen molar-refractivity contribution >= 4 is 11.7 Å². The van der Waals surface area contributed by atoms with Gasteiger partial charge in [-0.3, -0.25) is 9.59 Å². The van der Waals surface area contributed by atoms with E-state index >= 15 is 0 Å². The molecule has 2 aromatic rings. The summed E-state index contributed by atoms with van der Waals surface area (Å²) < 4.78 is 46.1. The summed E-state index contributed by atoms with van der Waals surface area (Å²) in [6, 6.07) is 13.5. The molecule has 8 heteroatoms. The fourth-order valence-corrected chi connectivity index (χ4v) is 2.60. The van der Waals surface area contributed by atoms with E-state index in [0.29, 0.717) is 23.5 Å². The van der Waals surface area contributed by atoms with Gasteiger partial charge in [-0.1, -0.05) is 24.3 Å². The summed E-state index contributed by atoms with van der Waals surface area (Å²) in [6.07, 6.45) is -4.19. The number of Topliss-reactive ketones (excluding diaryl/α,β-unsaturated/α-hetero) is 1. The van der Waals surface area contributed by atoms with E-state index in [9.17, 15) is 22.8 Å². The van der Waals surface area contributed by atoms with Crippen LogP contribution in [0.15, 0.2) is 48.5 Å². The van der Waals surface area contributed by atoms with Crippen molar-refractivity contribution in [2.45, 2.75) is 39.1 Å². The lowest BCUT2D eigenvalue weighted by Gasteiger charge is -2.09. The summed E-state index contributed by atoms with van der Waals surface area (Å²) >= 11 is 0. The summed E-state index contributed by atoms with van der Waals surface area (Å²) in [7, 11) is 0. The Morgan fingerprint density at radius 1 is 0.933 bits per heavy atom. The maximum absolute atomic E-state index is 12.2. The Kier molecular flexibility index (Phi) is 8.86. The number of carbonyl (C=O) groups excluding carboxylic acids is 2. The Bertz CT molecular complexity index is 818. The highest BCUT2D eigenvalue weighted by atomic mass is 19.4. The van der Waals surface area contributed by atoms with Crippen LogP contribution >= 0.6 is 0 Å². The van der Waals surface area contributed by atoms with E-state index in [0.717, 1.165) is 5.56 Å². The standard InChI is InChI=1S/C22H24F3NO4/c1-2-30-19-9-7-18(8-10-19)20(27)11-12-21(28)26-13-16-3-5-17(6-4-16)14-29-15-22(23,24)25/h3-10H,2,11-15H2,1H3,(H,26,28). The van der Waals surface area contributed by atoms with Gasteiger partial charge in [0, 0.05) is 24.9 Å². The van der Waals surface area contributed by atoms with Gasteiger partial charge in [-0.05, 0) is 42.3 Å². The minimum absolute atomic E-state index is 0.0649. The predicted molar refractivity (Wildman–Crippen MR) is 105 cm³/mol. The van der Waals surface area contributed by atoms with Crippen molar-refractivity contribution in [2.75, 3.05) is 13.2 Å². The van der Waals surface area contributed by atoms with Crippen molar-refractivity contribution in [3.8, 4) is 5.75 Å². The van der Waals surface area contributed by atoms with Gasteiger partial charge >= 0.3 is 6.18 Å². The Balaban J connectivity index is 1.70. The molecule has 0 aromatic heterocycles. The van der Waals surface area contributed by atoms with Crippen molar-refractivity contribution in [2.24, 2.45) is 0 Å². The van der Waals surface area contributed by atoms with Gasteiger partial charge in [0.1, 0.15) is 12.4 Å². The summed E-state index contributed by atoms with van der Waals surface area (Å²) in [5.74, 6) is 0.299. The van der Waals surface area contributed by atoms with Crippen molar-refractivity contribution in [3.05, 3.63) is 65.2 Å². The van der Waals surface area contributed by atoms with Crippen molar-refractivity contribution in [1.82, 2.24) is 5.32 Å². The molecule has 0 bridgehead atoms. The second kappa shape index (κ2) is 11.3. The average Bonchev–Trinajstić information content (AvgIpc) is 2.71. The van der Waals surface area contributed by atoms with E-state index in [1.54, 1.807) is 48.5 Å². The number of halogens is 3. The van der Waals surface area contributed by atoms with Gasteiger partial charge in [-0.2, -0.15) is 13.2 Å². The van der Waals surface area contributed by atoms with Crippen molar-refractivity contribution < 1.29 is 32.2 Å². The van der Waals surface area contributed by atoms with Crippen LogP contribution in [-0.2, 0) is 22.7 Å². The van der Waals surface area contributed by atoms with E-state index in [-0.39, 0.29) is 37.7 Å². The highest BCUT2D eigenvalue weighted by Crippen LogP contribution is 2.16. The molecular formula is C22H24F3NO4. The largest absolute Gasteiger partial charge is 0.494 e. The summed E-state index contributed by atoms with van der Waals surface area (Å²) in [5, 5.41) is 2.72. The number of ketones is 1. The molecule has 0 unspecified atom stereocenters. The first kappa shape index (κ1) is 23.4. The van der Waals surface area contributed by atoms with Crippen LogP contribution in [0.4, 0.5) is 13.2 Å². The van der Waals surface area contributed by atoms with Crippen molar-refractivity contribution in [3.63, 3.8) is 0 Å². The topological polar surface area (TPSA) is 64.6 Å². The number of hydrogen-bond donors (Lipinski definition) is 1. The summed E-state index contributed by atoms with van der Waals surface area (Å²) in [5.41, 5.74) is 1.92. The average molecular weight is 423 g/mol. The molecule has 0 aliphatic carbocycles. The first-order chi connectivity index (χ1) is 14.3. The normalized spacial score (nSPS) is 11.2. The molecular weight excluding hydrogens is 399 g/mol. The monoisotopic (exact) mass is 423 g/mol. The molecule has 0 spiro atoms. The first-order valence-electron chi connectivity index (χ1n) is 9.52. The van der Waals surface area contributed by atoms with Gasteiger partial charge in [0.25, 0.3) is 0 Å². The second-order valence-corrected chi connectivity index (χ2v) is 6.58. The summed E-state index contributed by atoms with van der Waals surface area (Å²) in [4.78, 5) is 24.2. The molecule has 0 radical (unpaired) electrons.